The fourth-order valence-corrected chi connectivity index (χ4v) is 2.63. The van der Waals surface area contributed by atoms with Crippen LogP contribution >= 0.6 is 0 Å². The molecule has 1 saturated heterocycles. The number of rotatable bonds is 2. The van der Waals surface area contributed by atoms with Gasteiger partial charge in [0.05, 0.1) is 11.0 Å². The van der Waals surface area contributed by atoms with Gasteiger partial charge in [0.25, 0.3) is 11.6 Å². The topological polar surface area (TPSA) is 63.4 Å². The Bertz CT molecular complexity index is 536. The van der Waals surface area contributed by atoms with Crippen molar-refractivity contribution in [1.82, 2.24) is 4.90 Å². The summed E-state index contributed by atoms with van der Waals surface area (Å²) in [5, 5.41) is 10.5. The van der Waals surface area contributed by atoms with E-state index in [0.29, 0.717) is 11.5 Å². The van der Waals surface area contributed by atoms with Crippen molar-refractivity contribution in [1.29, 1.82) is 0 Å². The van der Waals surface area contributed by atoms with Gasteiger partial charge in [-0.3, -0.25) is 14.9 Å². The SMILES string of the molecule is O=C(c1ccc([N+](=O)[O-])cc1)N1CC2C=CC1C2. The monoisotopic (exact) mass is 244 g/mol. The highest BCUT2D eigenvalue weighted by Crippen LogP contribution is 2.32. The van der Waals surface area contributed by atoms with Crippen molar-refractivity contribution < 1.29 is 9.72 Å². The number of carbonyl (C=O) groups is 1. The maximum atomic E-state index is 12.2. The molecule has 92 valence electrons. The van der Waals surface area contributed by atoms with Crippen molar-refractivity contribution in [2.75, 3.05) is 6.54 Å². The van der Waals surface area contributed by atoms with Crippen molar-refractivity contribution in [3.63, 3.8) is 0 Å². The lowest BCUT2D eigenvalue weighted by molar-refractivity contribution is -0.384. The first-order valence-corrected chi connectivity index (χ1v) is 5.89. The van der Waals surface area contributed by atoms with Crippen LogP contribution in [0.4, 0.5) is 5.69 Å². The average Bonchev–Trinajstić information content (AvgIpc) is 3.00. The summed E-state index contributed by atoms with van der Waals surface area (Å²) in [6.45, 7) is 0.761. The van der Waals surface area contributed by atoms with Crippen LogP contribution in [0, 0.1) is 16.0 Å². The minimum atomic E-state index is -0.463. The summed E-state index contributed by atoms with van der Waals surface area (Å²) >= 11 is 0. The number of non-ortho nitro benzene ring substituents is 1. The van der Waals surface area contributed by atoms with Gasteiger partial charge in [-0.2, -0.15) is 0 Å². The summed E-state index contributed by atoms with van der Waals surface area (Å²) < 4.78 is 0. The van der Waals surface area contributed by atoms with Crippen LogP contribution < -0.4 is 0 Å². The van der Waals surface area contributed by atoms with Gasteiger partial charge in [0.1, 0.15) is 0 Å². The van der Waals surface area contributed by atoms with Crippen LogP contribution in [0.5, 0.6) is 0 Å². The molecule has 2 unspecified atom stereocenters. The van der Waals surface area contributed by atoms with Crippen molar-refractivity contribution in [2.24, 2.45) is 5.92 Å². The molecule has 0 aromatic heterocycles. The average molecular weight is 244 g/mol. The van der Waals surface area contributed by atoms with Crippen LogP contribution in [0.15, 0.2) is 36.4 Å². The zero-order valence-electron chi connectivity index (χ0n) is 9.65. The Morgan fingerprint density at radius 3 is 2.50 bits per heavy atom. The van der Waals surface area contributed by atoms with Gasteiger partial charge in [0.2, 0.25) is 0 Å². The van der Waals surface area contributed by atoms with Gasteiger partial charge >= 0.3 is 0 Å². The van der Waals surface area contributed by atoms with Gasteiger partial charge in [-0.15, -0.1) is 0 Å². The second-order valence-corrected chi connectivity index (χ2v) is 4.71. The van der Waals surface area contributed by atoms with Crippen LogP contribution in [0.2, 0.25) is 0 Å². The number of fused-ring (bicyclic) bond motifs is 2. The Hall–Kier alpha value is -2.17. The predicted molar refractivity (Wildman–Crippen MR) is 65.2 cm³/mol. The first kappa shape index (κ1) is 11.0. The lowest BCUT2D eigenvalue weighted by Gasteiger charge is -2.23. The number of benzene rings is 1. The molecular weight excluding hydrogens is 232 g/mol. The maximum absolute atomic E-state index is 12.2. The first-order valence-electron chi connectivity index (χ1n) is 5.89. The van der Waals surface area contributed by atoms with Gasteiger partial charge in [-0.1, -0.05) is 12.2 Å². The van der Waals surface area contributed by atoms with E-state index in [1.807, 2.05) is 4.90 Å². The van der Waals surface area contributed by atoms with E-state index in [4.69, 9.17) is 0 Å². The third-order valence-corrected chi connectivity index (χ3v) is 3.57. The second kappa shape index (κ2) is 3.94. The van der Waals surface area contributed by atoms with E-state index in [9.17, 15) is 14.9 Å². The quantitative estimate of drug-likeness (QED) is 0.454. The molecule has 2 aliphatic rings. The smallest absolute Gasteiger partial charge is 0.269 e. The molecule has 1 aromatic carbocycles. The lowest BCUT2D eigenvalue weighted by Crippen LogP contribution is -2.35. The number of hydrogen-bond acceptors (Lipinski definition) is 3. The lowest BCUT2D eigenvalue weighted by atomic mass is 10.1. The third-order valence-electron chi connectivity index (χ3n) is 3.57. The van der Waals surface area contributed by atoms with Crippen LogP contribution in [0.3, 0.4) is 0 Å². The largest absolute Gasteiger partial charge is 0.332 e. The second-order valence-electron chi connectivity index (χ2n) is 4.71. The third kappa shape index (κ3) is 1.68. The van der Waals surface area contributed by atoms with E-state index in [0.717, 1.165) is 13.0 Å². The molecule has 1 amide bonds. The molecule has 1 aliphatic heterocycles. The predicted octanol–water partition coefficient (Wildman–Crippen LogP) is 2.00. The number of carbonyl (C=O) groups excluding carboxylic acids is 1. The molecule has 2 atom stereocenters. The Balaban J connectivity index is 1.80. The fourth-order valence-electron chi connectivity index (χ4n) is 2.63. The Morgan fingerprint density at radius 2 is 2.00 bits per heavy atom. The van der Waals surface area contributed by atoms with Gasteiger partial charge in [-0.05, 0) is 24.5 Å². The van der Waals surface area contributed by atoms with E-state index < -0.39 is 4.92 Å². The zero-order chi connectivity index (χ0) is 12.7. The maximum Gasteiger partial charge on any atom is 0.269 e. The van der Waals surface area contributed by atoms with Gasteiger partial charge in [0.15, 0.2) is 0 Å². The number of hydrogen-bond donors (Lipinski definition) is 0. The van der Waals surface area contributed by atoms with Gasteiger partial charge in [-0.25, -0.2) is 0 Å². The number of nitro benzene ring substituents is 1. The van der Waals surface area contributed by atoms with E-state index in [1.54, 1.807) is 0 Å². The molecule has 5 nitrogen and oxygen atoms in total. The van der Waals surface area contributed by atoms with Crippen LogP contribution in [0.1, 0.15) is 16.8 Å². The highest BCUT2D eigenvalue weighted by molar-refractivity contribution is 5.95. The van der Waals surface area contributed by atoms with Crippen molar-refractivity contribution in [2.45, 2.75) is 12.5 Å². The number of nitro groups is 1. The molecule has 0 spiro atoms. The molecule has 0 radical (unpaired) electrons. The van der Waals surface area contributed by atoms with E-state index in [1.165, 1.54) is 24.3 Å². The molecule has 1 aromatic rings. The summed E-state index contributed by atoms with van der Waals surface area (Å²) in [5.74, 6) is 0.443. The zero-order valence-corrected chi connectivity index (χ0v) is 9.65. The summed E-state index contributed by atoms with van der Waals surface area (Å²) in [6.07, 6.45) is 5.24. The molecule has 1 aliphatic carbocycles. The summed E-state index contributed by atoms with van der Waals surface area (Å²) in [7, 11) is 0. The van der Waals surface area contributed by atoms with E-state index in [2.05, 4.69) is 12.2 Å². The standard InChI is InChI=1S/C13H12N2O3/c16-13(14-8-9-1-4-12(14)7-9)10-2-5-11(6-3-10)15(17)18/h1-6,9,12H,7-8H2. The minimum absolute atomic E-state index is 0.00869. The number of nitrogens with zero attached hydrogens (tertiary/aromatic N) is 2. The minimum Gasteiger partial charge on any atom is -0.332 e. The molecule has 18 heavy (non-hydrogen) atoms. The highest BCUT2D eigenvalue weighted by Gasteiger charge is 2.36. The van der Waals surface area contributed by atoms with Crippen LogP contribution in [-0.4, -0.2) is 28.3 Å². The molecule has 5 heteroatoms. The first-order chi connectivity index (χ1) is 8.65. The molecule has 0 saturated carbocycles. The van der Waals surface area contributed by atoms with Crippen LogP contribution in [0.25, 0.3) is 0 Å². The normalized spacial score (nSPS) is 24.6. The Labute approximate surface area is 104 Å². The molecule has 2 bridgehead atoms. The van der Waals surface area contributed by atoms with Crippen molar-refractivity contribution in [3.8, 4) is 0 Å². The van der Waals surface area contributed by atoms with E-state index in [-0.39, 0.29) is 17.6 Å². The van der Waals surface area contributed by atoms with E-state index >= 15 is 0 Å². The molecule has 1 fully saturated rings. The highest BCUT2D eigenvalue weighted by atomic mass is 16.6. The summed E-state index contributed by atoms with van der Waals surface area (Å²) in [4.78, 5) is 24.2. The summed E-state index contributed by atoms with van der Waals surface area (Å²) in [5.41, 5.74) is 0.524. The Morgan fingerprint density at radius 1 is 1.28 bits per heavy atom. The van der Waals surface area contributed by atoms with Crippen molar-refractivity contribution >= 4 is 11.6 Å². The fraction of sp³-hybridized carbons (Fsp3) is 0.308. The number of likely N-dealkylation sites (tertiary alicyclic amines) is 1. The Kier molecular flexibility index (Phi) is 2.40. The molecule has 0 N–H and O–H groups in total. The van der Waals surface area contributed by atoms with Gasteiger partial charge < -0.3 is 4.90 Å². The van der Waals surface area contributed by atoms with Crippen LogP contribution in [-0.2, 0) is 0 Å². The number of amides is 1. The van der Waals surface area contributed by atoms with Crippen molar-refractivity contribution in [3.05, 3.63) is 52.1 Å². The molecule has 3 rings (SSSR count). The summed E-state index contributed by atoms with van der Waals surface area (Å²) in [6, 6.07) is 6.00. The van der Waals surface area contributed by atoms with Gasteiger partial charge in [0, 0.05) is 24.2 Å². The molecular formula is C13H12N2O3. The molecule has 1 heterocycles.